The van der Waals surface area contributed by atoms with Crippen LogP contribution in [0.4, 0.5) is 0 Å². The number of nitrogens with one attached hydrogen (secondary N) is 1. The Hall–Kier alpha value is -0.200. The van der Waals surface area contributed by atoms with Crippen molar-refractivity contribution in [3.63, 3.8) is 0 Å². The molecule has 4 nitrogen and oxygen atoms in total. The van der Waals surface area contributed by atoms with E-state index in [1.807, 2.05) is 0 Å². The zero-order valence-electron chi connectivity index (χ0n) is 7.03. The Morgan fingerprint density at radius 3 is 2.69 bits per heavy atom. The number of imide groups is 1. The van der Waals surface area contributed by atoms with Gasteiger partial charge in [0.1, 0.15) is 0 Å². The third kappa shape index (κ3) is 2.89. The maximum Gasteiger partial charge on any atom is 0.244 e. The molecule has 74 valence electrons. The molecular weight excluding hydrogens is 208 g/mol. The zero-order chi connectivity index (χ0) is 9.84. The van der Waals surface area contributed by atoms with Crippen LogP contribution in [0.3, 0.4) is 0 Å². The summed E-state index contributed by atoms with van der Waals surface area (Å²) in [5.74, 6) is 0.577. The van der Waals surface area contributed by atoms with Crippen molar-refractivity contribution < 1.29 is 9.59 Å². The summed E-state index contributed by atoms with van der Waals surface area (Å²) in [7, 11) is 0. The topological polar surface area (TPSA) is 72.2 Å². The van der Waals surface area contributed by atoms with Crippen molar-refractivity contribution >= 4 is 36.2 Å². The fourth-order valence-corrected chi connectivity index (χ4v) is 1.67. The molecule has 0 aromatic heterocycles. The molecule has 1 rings (SSSR count). The molecule has 0 bridgehead atoms. The number of rotatable bonds is 3. The van der Waals surface area contributed by atoms with Gasteiger partial charge in [-0.2, -0.15) is 12.6 Å². The van der Waals surface area contributed by atoms with Crippen LogP contribution < -0.4 is 11.1 Å². The minimum absolute atomic E-state index is 0.0592. The zero-order valence-corrected chi connectivity index (χ0v) is 8.74. The maximum absolute atomic E-state index is 11.2. The summed E-state index contributed by atoms with van der Waals surface area (Å²) in [6, 6.07) is -0.697. The monoisotopic (exact) mass is 220 g/mol. The number of nitrogens with two attached hydrogens (primary N) is 1. The molecule has 1 saturated heterocycles. The second-order valence-corrected chi connectivity index (χ2v) is 4.47. The lowest BCUT2D eigenvalue weighted by Gasteiger charge is -2.23. The van der Waals surface area contributed by atoms with Gasteiger partial charge >= 0.3 is 0 Å². The molecule has 0 spiro atoms. The molecule has 13 heavy (non-hydrogen) atoms. The molecule has 1 unspecified atom stereocenters. The molecule has 2 amide bonds. The molecule has 6 heteroatoms. The molecule has 1 aliphatic rings. The van der Waals surface area contributed by atoms with Crippen LogP contribution in [0.25, 0.3) is 0 Å². The number of hydrogen-bond donors (Lipinski definition) is 3. The van der Waals surface area contributed by atoms with Crippen LogP contribution in [-0.4, -0.2) is 34.6 Å². The Labute approximate surface area is 86.4 Å². The van der Waals surface area contributed by atoms with E-state index < -0.39 is 11.9 Å². The first kappa shape index (κ1) is 10.9. The summed E-state index contributed by atoms with van der Waals surface area (Å²) < 4.78 is 0. The van der Waals surface area contributed by atoms with Gasteiger partial charge in [0, 0.05) is 5.75 Å². The van der Waals surface area contributed by atoms with Crippen molar-refractivity contribution in [3.05, 3.63) is 0 Å². The van der Waals surface area contributed by atoms with Crippen LogP contribution >= 0.6 is 24.4 Å². The Kier molecular flexibility index (Phi) is 4.08. The number of carbonyl (C=O) groups is 2. The van der Waals surface area contributed by atoms with Crippen LogP contribution in [0.1, 0.15) is 6.42 Å². The standard InChI is InChI=1S/C7H12N2O2S2/c8-4(3-12)6(10)9-7(11)5-1-2-13-5/h4-5,12H,1-3,8H2,(H,9,10,11)/t4-,5?/m1/s1. The summed E-state index contributed by atoms with van der Waals surface area (Å²) in [4.78, 5) is 22.3. The molecular formula is C7H12N2O2S2. The van der Waals surface area contributed by atoms with Crippen molar-refractivity contribution in [1.82, 2.24) is 5.32 Å². The number of amides is 2. The quantitative estimate of drug-likeness (QED) is 0.555. The average molecular weight is 220 g/mol. The lowest BCUT2D eigenvalue weighted by Crippen LogP contribution is -2.48. The van der Waals surface area contributed by atoms with E-state index in [9.17, 15) is 9.59 Å². The summed E-state index contributed by atoms with van der Waals surface area (Å²) in [5, 5.41) is 2.20. The Morgan fingerprint density at radius 1 is 1.69 bits per heavy atom. The van der Waals surface area contributed by atoms with Gasteiger partial charge in [-0.1, -0.05) is 0 Å². The van der Waals surface area contributed by atoms with Gasteiger partial charge in [-0.15, -0.1) is 11.8 Å². The Morgan fingerprint density at radius 2 is 2.31 bits per heavy atom. The van der Waals surface area contributed by atoms with Crippen molar-refractivity contribution in [1.29, 1.82) is 0 Å². The fourth-order valence-electron chi connectivity index (χ4n) is 0.820. The number of hydrogen-bond acceptors (Lipinski definition) is 5. The molecule has 0 aromatic rings. The SMILES string of the molecule is N[C@H](CS)C(=O)NC(=O)C1CCS1. The maximum atomic E-state index is 11.2. The van der Waals surface area contributed by atoms with Gasteiger partial charge in [-0.05, 0) is 12.2 Å². The predicted molar refractivity (Wildman–Crippen MR) is 55.8 cm³/mol. The highest BCUT2D eigenvalue weighted by Crippen LogP contribution is 2.27. The largest absolute Gasteiger partial charge is 0.319 e. The molecule has 1 fully saturated rings. The minimum Gasteiger partial charge on any atom is -0.319 e. The summed E-state index contributed by atoms with van der Waals surface area (Å²) in [6.45, 7) is 0. The van der Waals surface area contributed by atoms with E-state index >= 15 is 0 Å². The number of thioether (sulfide) groups is 1. The Balaban J connectivity index is 2.30. The summed E-state index contributed by atoms with van der Waals surface area (Å²) >= 11 is 5.41. The van der Waals surface area contributed by atoms with E-state index in [0.29, 0.717) is 0 Å². The van der Waals surface area contributed by atoms with Crippen LogP contribution in [-0.2, 0) is 9.59 Å². The third-order valence-electron chi connectivity index (χ3n) is 1.77. The molecule has 1 heterocycles. The van der Waals surface area contributed by atoms with E-state index in [-0.39, 0.29) is 16.9 Å². The first-order valence-corrected chi connectivity index (χ1v) is 5.66. The van der Waals surface area contributed by atoms with Gasteiger partial charge in [0.2, 0.25) is 11.8 Å². The van der Waals surface area contributed by atoms with Gasteiger partial charge in [0.15, 0.2) is 0 Å². The first-order chi connectivity index (χ1) is 6.15. The smallest absolute Gasteiger partial charge is 0.244 e. The Bertz CT molecular complexity index is 204. The van der Waals surface area contributed by atoms with Crippen LogP contribution in [0.2, 0.25) is 0 Å². The number of carbonyl (C=O) groups excluding carboxylic acids is 2. The number of thiol groups is 1. The van der Waals surface area contributed by atoms with E-state index in [2.05, 4.69) is 17.9 Å². The lowest BCUT2D eigenvalue weighted by atomic mass is 10.2. The van der Waals surface area contributed by atoms with Gasteiger partial charge in [-0.3, -0.25) is 14.9 Å². The van der Waals surface area contributed by atoms with E-state index in [1.165, 1.54) is 0 Å². The van der Waals surface area contributed by atoms with Gasteiger partial charge in [0.25, 0.3) is 0 Å². The second-order valence-electron chi connectivity index (χ2n) is 2.79. The normalized spacial score (nSPS) is 23.1. The van der Waals surface area contributed by atoms with Crippen molar-refractivity contribution in [3.8, 4) is 0 Å². The summed E-state index contributed by atoms with van der Waals surface area (Å²) in [6.07, 6.45) is 0.847. The second kappa shape index (κ2) is 4.88. The van der Waals surface area contributed by atoms with Crippen LogP contribution in [0.15, 0.2) is 0 Å². The third-order valence-corrected chi connectivity index (χ3v) is 3.49. The predicted octanol–water partition coefficient (Wildman–Crippen LogP) is -0.608. The molecule has 1 aliphatic heterocycles. The highest BCUT2D eigenvalue weighted by Gasteiger charge is 2.28. The van der Waals surface area contributed by atoms with Gasteiger partial charge in [0.05, 0.1) is 11.3 Å². The minimum atomic E-state index is -0.697. The first-order valence-electron chi connectivity index (χ1n) is 3.98. The van der Waals surface area contributed by atoms with E-state index in [4.69, 9.17) is 5.73 Å². The average Bonchev–Trinajstić information content (AvgIpc) is 1.99. The van der Waals surface area contributed by atoms with Crippen molar-refractivity contribution in [2.24, 2.45) is 5.73 Å². The fraction of sp³-hybridized carbons (Fsp3) is 0.714. The van der Waals surface area contributed by atoms with E-state index in [0.717, 1.165) is 12.2 Å². The summed E-state index contributed by atoms with van der Waals surface area (Å²) in [5.41, 5.74) is 5.38. The molecule has 0 aliphatic carbocycles. The van der Waals surface area contributed by atoms with E-state index in [1.54, 1.807) is 11.8 Å². The van der Waals surface area contributed by atoms with Crippen molar-refractivity contribution in [2.75, 3.05) is 11.5 Å². The molecule has 0 aromatic carbocycles. The van der Waals surface area contributed by atoms with Crippen LogP contribution in [0.5, 0.6) is 0 Å². The van der Waals surface area contributed by atoms with Crippen LogP contribution in [0, 0.1) is 0 Å². The molecule has 0 radical (unpaired) electrons. The lowest BCUT2D eigenvalue weighted by molar-refractivity contribution is -0.130. The van der Waals surface area contributed by atoms with Crippen molar-refractivity contribution in [2.45, 2.75) is 17.7 Å². The highest BCUT2D eigenvalue weighted by atomic mass is 32.2. The molecule has 0 saturated carbocycles. The highest BCUT2D eigenvalue weighted by molar-refractivity contribution is 8.01. The molecule has 3 N–H and O–H groups in total. The van der Waals surface area contributed by atoms with Gasteiger partial charge < -0.3 is 5.73 Å². The molecule has 2 atom stereocenters. The van der Waals surface area contributed by atoms with Gasteiger partial charge in [-0.25, -0.2) is 0 Å².